The normalized spacial score (nSPS) is 14.5. The molecule has 0 atom stereocenters. The van der Waals surface area contributed by atoms with Gasteiger partial charge in [0.25, 0.3) is 5.91 Å². The van der Waals surface area contributed by atoms with Crippen LogP contribution in [0.3, 0.4) is 0 Å². The fourth-order valence-electron chi connectivity index (χ4n) is 3.76. The molecule has 0 saturated carbocycles. The zero-order chi connectivity index (χ0) is 19.9. The van der Waals surface area contributed by atoms with E-state index in [4.69, 9.17) is 4.74 Å². The monoisotopic (exact) mass is 381 g/mol. The molecule has 1 aliphatic rings. The van der Waals surface area contributed by atoms with Gasteiger partial charge in [-0.3, -0.25) is 4.79 Å². The number of hydrogen-bond acceptors (Lipinski definition) is 4. The zero-order valence-corrected chi connectivity index (χ0v) is 17.2. The van der Waals surface area contributed by atoms with Crippen molar-refractivity contribution in [1.82, 2.24) is 4.90 Å². The van der Waals surface area contributed by atoms with Gasteiger partial charge >= 0.3 is 0 Å². The predicted octanol–water partition coefficient (Wildman–Crippen LogP) is 3.89. The zero-order valence-electron chi connectivity index (χ0n) is 17.2. The Labute approximate surface area is 168 Å². The number of rotatable bonds is 6. The molecule has 0 radical (unpaired) electrons. The smallest absolute Gasteiger partial charge is 0.253 e. The van der Waals surface area contributed by atoms with Crippen LogP contribution in [0.2, 0.25) is 0 Å². The van der Waals surface area contributed by atoms with Crippen LogP contribution in [0.25, 0.3) is 0 Å². The van der Waals surface area contributed by atoms with E-state index in [2.05, 4.69) is 47.9 Å². The second-order valence-corrected chi connectivity index (χ2v) is 7.05. The number of carbonyl (C=O) groups is 1. The number of benzene rings is 2. The number of amides is 1. The topological polar surface area (TPSA) is 36.0 Å². The molecule has 2 aromatic carbocycles. The van der Waals surface area contributed by atoms with Crippen LogP contribution in [0.5, 0.6) is 5.75 Å². The van der Waals surface area contributed by atoms with E-state index in [1.54, 1.807) is 7.11 Å². The standard InChI is InChI=1S/C23H31N3O2/c1-4-24(5-2)20-9-7-19(8-10-20)23(27)26-16-6-15-25(17-18-26)21-11-13-22(28-3)14-12-21/h7-14H,4-6,15-18H2,1-3H3. The van der Waals surface area contributed by atoms with Crippen molar-refractivity contribution in [1.29, 1.82) is 0 Å². The van der Waals surface area contributed by atoms with Crippen molar-refractivity contribution < 1.29 is 9.53 Å². The lowest BCUT2D eigenvalue weighted by Crippen LogP contribution is -2.35. The van der Waals surface area contributed by atoms with Gasteiger partial charge in [0.2, 0.25) is 0 Å². The minimum absolute atomic E-state index is 0.127. The van der Waals surface area contributed by atoms with Crippen molar-refractivity contribution in [2.45, 2.75) is 20.3 Å². The van der Waals surface area contributed by atoms with Gasteiger partial charge in [0, 0.05) is 56.2 Å². The number of methoxy groups -OCH3 is 1. The van der Waals surface area contributed by atoms with Gasteiger partial charge in [-0.25, -0.2) is 0 Å². The highest BCUT2D eigenvalue weighted by Gasteiger charge is 2.20. The van der Waals surface area contributed by atoms with Crippen LogP contribution in [0.15, 0.2) is 48.5 Å². The third-order valence-electron chi connectivity index (χ3n) is 5.46. The maximum Gasteiger partial charge on any atom is 0.253 e. The molecule has 3 rings (SSSR count). The van der Waals surface area contributed by atoms with Crippen LogP contribution < -0.4 is 14.5 Å². The molecule has 1 aliphatic heterocycles. The number of nitrogens with zero attached hydrogens (tertiary/aromatic N) is 3. The minimum atomic E-state index is 0.127. The summed E-state index contributed by atoms with van der Waals surface area (Å²) in [5.41, 5.74) is 3.12. The molecule has 1 fully saturated rings. The number of carbonyl (C=O) groups excluding carboxylic acids is 1. The molecule has 150 valence electrons. The highest BCUT2D eigenvalue weighted by molar-refractivity contribution is 5.94. The Bertz CT molecular complexity index is 754. The van der Waals surface area contributed by atoms with Gasteiger partial charge in [0.1, 0.15) is 5.75 Å². The fraction of sp³-hybridized carbons (Fsp3) is 0.435. The number of anilines is 2. The van der Waals surface area contributed by atoms with E-state index in [1.165, 1.54) is 11.4 Å². The Morgan fingerprint density at radius 3 is 2.21 bits per heavy atom. The Hall–Kier alpha value is -2.69. The van der Waals surface area contributed by atoms with Gasteiger partial charge in [-0.1, -0.05) is 0 Å². The first-order valence-electron chi connectivity index (χ1n) is 10.2. The van der Waals surface area contributed by atoms with Crippen LogP contribution in [0, 0.1) is 0 Å². The lowest BCUT2D eigenvalue weighted by atomic mass is 10.1. The Balaban J connectivity index is 1.63. The Kier molecular flexibility index (Phi) is 6.80. The van der Waals surface area contributed by atoms with Gasteiger partial charge in [-0.2, -0.15) is 0 Å². The first-order chi connectivity index (χ1) is 13.7. The summed E-state index contributed by atoms with van der Waals surface area (Å²) in [6.45, 7) is 9.56. The molecule has 0 aromatic heterocycles. The summed E-state index contributed by atoms with van der Waals surface area (Å²) in [5.74, 6) is 0.992. The Morgan fingerprint density at radius 2 is 1.61 bits per heavy atom. The summed E-state index contributed by atoms with van der Waals surface area (Å²) < 4.78 is 5.24. The summed E-state index contributed by atoms with van der Waals surface area (Å²) in [6.07, 6.45) is 0.968. The molecule has 0 unspecified atom stereocenters. The highest BCUT2D eigenvalue weighted by atomic mass is 16.5. The van der Waals surface area contributed by atoms with Crippen LogP contribution in [-0.2, 0) is 0 Å². The van der Waals surface area contributed by atoms with Crippen molar-refractivity contribution in [3.63, 3.8) is 0 Å². The van der Waals surface area contributed by atoms with Crippen molar-refractivity contribution in [2.24, 2.45) is 0 Å². The summed E-state index contributed by atoms with van der Waals surface area (Å²) in [5, 5.41) is 0. The molecule has 5 nitrogen and oxygen atoms in total. The van der Waals surface area contributed by atoms with E-state index in [1.807, 2.05) is 29.2 Å². The number of hydrogen-bond donors (Lipinski definition) is 0. The van der Waals surface area contributed by atoms with E-state index < -0.39 is 0 Å². The average Bonchev–Trinajstić information content (AvgIpc) is 3.01. The lowest BCUT2D eigenvalue weighted by Gasteiger charge is -2.24. The lowest BCUT2D eigenvalue weighted by molar-refractivity contribution is 0.0767. The molecular weight excluding hydrogens is 350 g/mol. The molecule has 1 amide bonds. The van der Waals surface area contributed by atoms with E-state index in [-0.39, 0.29) is 5.91 Å². The molecule has 5 heteroatoms. The summed E-state index contributed by atoms with van der Waals surface area (Å²) in [6, 6.07) is 16.2. The minimum Gasteiger partial charge on any atom is -0.497 e. The van der Waals surface area contributed by atoms with Gasteiger partial charge in [0.15, 0.2) is 0 Å². The van der Waals surface area contributed by atoms with Gasteiger partial charge in [-0.05, 0) is 68.8 Å². The molecule has 0 bridgehead atoms. The van der Waals surface area contributed by atoms with Crippen molar-refractivity contribution >= 4 is 17.3 Å². The fourth-order valence-corrected chi connectivity index (χ4v) is 3.76. The molecule has 28 heavy (non-hydrogen) atoms. The first kappa shape index (κ1) is 20.1. The van der Waals surface area contributed by atoms with Crippen molar-refractivity contribution in [3.05, 3.63) is 54.1 Å². The van der Waals surface area contributed by atoms with Crippen molar-refractivity contribution in [3.8, 4) is 5.75 Å². The molecule has 0 spiro atoms. The molecule has 1 saturated heterocycles. The molecule has 0 N–H and O–H groups in total. The van der Waals surface area contributed by atoms with Crippen molar-refractivity contribution in [2.75, 3.05) is 56.2 Å². The molecule has 0 aliphatic carbocycles. The third-order valence-corrected chi connectivity index (χ3v) is 5.46. The highest BCUT2D eigenvalue weighted by Crippen LogP contribution is 2.21. The van der Waals surface area contributed by atoms with Gasteiger partial charge in [-0.15, -0.1) is 0 Å². The van der Waals surface area contributed by atoms with E-state index in [0.29, 0.717) is 0 Å². The largest absolute Gasteiger partial charge is 0.497 e. The maximum atomic E-state index is 13.0. The van der Waals surface area contributed by atoms with Crippen LogP contribution in [0.1, 0.15) is 30.6 Å². The second kappa shape index (κ2) is 9.49. The maximum absolute atomic E-state index is 13.0. The molecular formula is C23H31N3O2. The van der Waals surface area contributed by atoms with Crippen LogP contribution in [-0.4, -0.2) is 57.2 Å². The predicted molar refractivity (Wildman–Crippen MR) is 116 cm³/mol. The summed E-state index contributed by atoms with van der Waals surface area (Å²) in [7, 11) is 1.68. The van der Waals surface area contributed by atoms with Gasteiger partial charge in [0.05, 0.1) is 7.11 Å². The van der Waals surface area contributed by atoms with E-state index in [0.717, 1.165) is 57.0 Å². The summed E-state index contributed by atoms with van der Waals surface area (Å²) in [4.78, 5) is 19.6. The Morgan fingerprint density at radius 1 is 0.929 bits per heavy atom. The molecule has 1 heterocycles. The van der Waals surface area contributed by atoms with E-state index in [9.17, 15) is 4.79 Å². The van der Waals surface area contributed by atoms with Gasteiger partial charge < -0.3 is 19.4 Å². The quantitative estimate of drug-likeness (QED) is 0.760. The average molecular weight is 382 g/mol. The first-order valence-corrected chi connectivity index (χ1v) is 10.2. The molecule has 2 aromatic rings. The second-order valence-electron chi connectivity index (χ2n) is 7.05. The van der Waals surface area contributed by atoms with Crippen LogP contribution >= 0.6 is 0 Å². The summed E-state index contributed by atoms with van der Waals surface area (Å²) >= 11 is 0. The third kappa shape index (κ3) is 4.58. The SMILES string of the molecule is CCN(CC)c1ccc(C(=O)N2CCCN(c3ccc(OC)cc3)CC2)cc1. The van der Waals surface area contributed by atoms with E-state index >= 15 is 0 Å². The van der Waals surface area contributed by atoms with Crippen LogP contribution in [0.4, 0.5) is 11.4 Å². The number of ether oxygens (including phenoxy) is 1.